The molecule has 0 saturated carbocycles. The second-order valence-electron chi connectivity index (χ2n) is 9.79. The van der Waals surface area contributed by atoms with E-state index in [-0.39, 0.29) is 10.8 Å². The minimum Gasteiger partial charge on any atom is -0.276 e. The second-order valence-corrected chi connectivity index (χ2v) is 11.8. The van der Waals surface area contributed by atoms with E-state index in [2.05, 4.69) is 0 Å². The molecule has 0 unspecified atom stereocenters. The van der Waals surface area contributed by atoms with E-state index in [1.54, 1.807) is 21.4 Å². The zero-order chi connectivity index (χ0) is 26.5. The van der Waals surface area contributed by atoms with E-state index in [1.807, 2.05) is 56.3 Å². The van der Waals surface area contributed by atoms with Gasteiger partial charge in [-0.15, -0.1) is 0 Å². The average Bonchev–Trinajstić information content (AvgIpc) is 3.24. The van der Waals surface area contributed by atoms with Crippen molar-refractivity contribution in [3.8, 4) is 11.3 Å². The summed E-state index contributed by atoms with van der Waals surface area (Å²) in [6, 6.07) is 20.5. The lowest BCUT2D eigenvalue weighted by atomic mass is 10.0. The van der Waals surface area contributed by atoms with Crippen molar-refractivity contribution < 1.29 is 8.42 Å². The smallest absolute Gasteiger partial charge is 0.276 e. The number of sulfone groups is 1. The number of nitrogens with zero attached hydrogens (tertiary/aromatic N) is 4. The monoisotopic (exact) mass is 516 g/mol. The summed E-state index contributed by atoms with van der Waals surface area (Å²) in [6.45, 7) is 4.77. The second kappa shape index (κ2) is 9.15. The molecule has 8 nitrogen and oxygen atoms in total. The van der Waals surface area contributed by atoms with Gasteiger partial charge < -0.3 is 0 Å². The third kappa shape index (κ3) is 4.40. The SMILES string of the molecule is CC(C)Cn1c(=O)n(C)c(=O)c2c(-c3ccc(S(C)(=O)=O)cc3)n(Cc3cccc4ccccc34)nc21. The van der Waals surface area contributed by atoms with E-state index in [9.17, 15) is 18.0 Å². The Morgan fingerprint density at radius 3 is 2.27 bits per heavy atom. The van der Waals surface area contributed by atoms with Crippen LogP contribution >= 0.6 is 0 Å². The van der Waals surface area contributed by atoms with Crippen LogP contribution < -0.4 is 11.2 Å². The van der Waals surface area contributed by atoms with Gasteiger partial charge in [-0.3, -0.25) is 18.6 Å². The number of fused-ring (bicyclic) bond motifs is 2. The van der Waals surface area contributed by atoms with Gasteiger partial charge in [-0.25, -0.2) is 13.2 Å². The highest BCUT2D eigenvalue weighted by Gasteiger charge is 2.23. The van der Waals surface area contributed by atoms with Crippen molar-refractivity contribution in [1.29, 1.82) is 0 Å². The summed E-state index contributed by atoms with van der Waals surface area (Å²) < 4.78 is 28.5. The summed E-state index contributed by atoms with van der Waals surface area (Å²) in [5.74, 6) is 0.152. The topological polar surface area (TPSA) is 96.0 Å². The summed E-state index contributed by atoms with van der Waals surface area (Å²) in [4.78, 5) is 26.8. The van der Waals surface area contributed by atoms with Crippen LogP contribution in [0.2, 0.25) is 0 Å². The van der Waals surface area contributed by atoms with Gasteiger partial charge in [-0.05, 0) is 34.4 Å². The molecule has 2 heterocycles. The molecule has 0 atom stereocenters. The molecule has 0 radical (unpaired) electrons. The molecular weight excluding hydrogens is 488 g/mol. The molecule has 0 aliphatic rings. The zero-order valence-electron chi connectivity index (χ0n) is 21.2. The van der Waals surface area contributed by atoms with Crippen LogP contribution in [0.15, 0.2) is 81.2 Å². The molecule has 5 aromatic rings. The molecule has 0 aliphatic carbocycles. The van der Waals surface area contributed by atoms with Crippen molar-refractivity contribution in [2.45, 2.75) is 31.8 Å². The maximum atomic E-state index is 13.5. The van der Waals surface area contributed by atoms with E-state index < -0.39 is 21.1 Å². The summed E-state index contributed by atoms with van der Waals surface area (Å²) in [5.41, 5.74) is 1.66. The molecule has 190 valence electrons. The maximum absolute atomic E-state index is 13.5. The van der Waals surface area contributed by atoms with Gasteiger partial charge in [0, 0.05) is 25.4 Å². The van der Waals surface area contributed by atoms with Gasteiger partial charge in [0.2, 0.25) is 0 Å². The van der Waals surface area contributed by atoms with Crippen molar-refractivity contribution in [2.24, 2.45) is 13.0 Å². The van der Waals surface area contributed by atoms with Gasteiger partial charge in [0.1, 0.15) is 5.39 Å². The Bertz CT molecular complexity index is 1870. The van der Waals surface area contributed by atoms with Crippen LogP contribution in [-0.4, -0.2) is 33.6 Å². The van der Waals surface area contributed by atoms with E-state index in [1.165, 1.54) is 19.2 Å². The molecule has 0 bridgehead atoms. The Hall–Kier alpha value is -3.98. The molecule has 0 N–H and O–H groups in total. The number of hydrogen-bond acceptors (Lipinski definition) is 5. The Kier molecular flexibility index (Phi) is 6.11. The van der Waals surface area contributed by atoms with E-state index in [4.69, 9.17) is 5.10 Å². The highest BCUT2D eigenvalue weighted by Crippen LogP contribution is 2.29. The fraction of sp³-hybridized carbons (Fsp3) is 0.250. The Morgan fingerprint density at radius 1 is 0.919 bits per heavy atom. The Morgan fingerprint density at radius 2 is 1.59 bits per heavy atom. The molecule has 0 amide bonds. The van der Waals surface area contributed by atoms with Crippen molar-refractivity contribution in [3.05, 3.63) is 93.1 Å². The van der Waals surface area contributed by atoms with Crippen LogP contribution in [0.25, 0.3) is 33.1 Å². The van der Waals surface area contributed by atoms with Crippen LogP contribution in [-0.2, 0) is 30.0 Å². The van der Waals surface area contributed by atoms with E-state index in [0.29, 0.717) is 35.4 Å². The lowest BCUT2D eigenvalue weighted by Gasteiger charge is -2.11. The highest BCUT2D eigenvalue weighted by atomic mass is 32.2. The predicted molar refractivity (Wildman–Crippen MR) is 146 cm³/mol. The van der Waals surface area contributed by atoms with E-state index >= 15 is 0 Å². The number of benzene rings is 3. The van der Waals surface area contributed by atoms with Crippen LogP contribution in [0.3, 0.4) is 0 Å². The maximum Gasteiger partial charge on any atom is 0.332 e. The van der Waals surface area contributed by atoms with Crippen LogP contribution in [0.1, 0.15) is 19.4 Å². The number of hydrogen-bond donors (Lipinski definition) is 0. The van der Waals surface area contributed by atoms with Crippen molar-refractivity contribution in [2.75, 3.05) is 6.26 Å². The first-order valence-corrected chi connectivity index (χ1v) is 13.9. The fourth-order valence-corrected chi connectivity index (χ4v) is 5.38. The van der Waals surface area contributed by atoms with Gasteiger partial charge >= 0.3 is 5.69 Å². The normalized spacial score (nSPS) is 12.1. The lowest BCUT2D eigenvalue weighted by molar-refractivity contribution is 0.498. The first-order valence-electron chi connectivity index (χ1n) is 12.0. The van der Waals surface area contributed by atoms with Crippen molar-refractivity contribution >= 4 is 31.6 Å². The molecule has 9 heteroatoms. The lowest BCUT2D eigenvalue weighted by Crippen LogP contribution is -2.38. The summed E-state index contributed by atoms with van der Waals surface area (Å²) in [5, 5.41) is 7.31. The van der Waals surface area contributed by atoms with Crippen LogP contribution in [0.5, 0.6) is 0 Å². The standard InChI is InChI=1S/C28H28N4O4S/c1-18(2)16-31-26-24(27(33)30(3)28(31)34)25(20-12-14-22(15-13-20)37(4,35)36)32(29-26)17-21-10-7-9-19-8-5-6-11-23(19)21/h5-15,18H,16-17H2,1-4H3. The first-order chi connectivity index (χ1) is 17.6. The number of rotatable bonds is 6. The van der Waals surface area contributed by atoms with Gasteiger partial charge in [-0.2, -0.15) is 5.10 Å². The summed E-state index contributed by atoms with van der Waals surface area (Å²) in [6.07, 6.45) is 1.16. The molecule has 0 aliphatic heterocycles. The van der Waals surface area contributed by atoms with Crippen molar-refractivity contribution in [3.63, 3.8) is 0 Å². The highest BCUT2D eigenvalue weighted by molar-refractivity contribution is 7.90. The largest absolute Gasteiger partial charge is 0.332 e. The van der Waals surface area contributed by atoms with Crippen LogP contribution in [0.4, 0.5) is 0 Å². The fourth-order valence-electron chi connectivity index (χ4n) is 4.75. The molecular formula is C28H28N4O4S. The molecule has 37 heavy (non-hydrogen) atoms. The van der Waals surface area contributed by atoms with E-state index in [0.717, 1.165) is 27.2 Å². The van der Waals surface area contributed by atoms with Crippen molar-refractivity contribution in [1.82, 2.24) is 18.9 Å². The van der Waals surface area contributed by atoms with Gasteiger partial charge in [0.05, 0.1) is 17.1 Å². The van der Waals surface area contributed by atoms with Gasteiger partial charge in [-0.1, -0.05) is 68.4 Å². The van der Waals surface area contributed by atoms with Gasteiger partial charge in [0.15, 0.2) is 15.5 Å². The Balaban J connectivity index is 1.83. The molecule has 2 aromatic heterocycles. The third-order valence-electron chi connectivity index (χ3n) is 6.53. The first kappa shape index (κ1) is 24.7. The van der Waals surface area contributed by atoms with Gasteiger partial charge in [0.25, 0.3) is 5.56 Å². The zero-order valence-corrected chi connectivity index (χ0v) is 22.0. The molecule has 0 saturated heterocycles. The minimum absolute atomic E-state index is 0.152. The summed E-state index contributed by atoms with van der Waals surface area (Å²) >= 11 is 0. The number of aromatic nitrogens is 4. The van der Waals surface area contributed by atoms with Crippen LogP contribution in [0, 0.1) is 5.92 Å². The summed E-state index contributed by atoms with van der Waals surface area (Å²) in [7, 11) is -1.92. The third-order valence-corrected chi connectivity index (χ3v) is 7.66. The minimum atomic E-state index is -3.39. The molecule has 3 aromatic carbocycles. The molecule has 5 rings (SSSR count). The quantitative estimate of drug-likeness (QED) is 0.342. The molecule has 0 spiro atoms. The molecule has 0 fully saturated rings. The Labute approximate surface area is 214 Å². The average molecular weight is 517 g/mol. The predicted octanol–water partition coefficient (Wildman–Crippen LogP) is 3.82.